The first-order valence-corrected chi connectivity index (χ1v) is 10.3. The number of aromatic nitrogens is 4. The van der Waals surface area contributed by atoms with Crippen LogP contribution in [0, 0.1) is 6.92 Å². The largest absolute Gasteiger partial charge is 0.463 e. The molecular formula is C21H21F6N5O3. The molecule has 1 aliphatic heterocycles. The van der Waals surface area contributed by atoms with Gasteiger partial charge in [-0.3, -0.25) is 9.48 Å². The molecule has 35 heavy (non-hydrogen) atoms. The molecule has 0 fully saturated rings. The van der Waals surface area contributed by atoms with Crippen molar-refractivity contribution in [3.05, 3.63) is 52.5 Å². The van der Waals surface area contributed by atoms with E-state index in [2.05, 4.69) is 32.0 Å². The summed E-state index contributed by atoms with van der Waals surface area (Å²) in [5, 5.41) is 12.3. The zero-order chi connectivity index (χ0) is 25.8. The van der Waals surface area contributed by atoms with E-state index in [9.17, 15) is 31.1 Å². The average molecular weight is 505 g/mol. The Morgan fingerprint density at radius 2 is 1.69 bits per heavy atom. The fraction of sp³-hybridized carbons (Fsp3) is 0.429. The normalized spacial score (nSPS) is 14.5. The van der Waals surface area contributed by atoms with Gasteiger partial charge >= 0.3 is 12.4 Å². The molecule has 1 aromatic carbocycles. The lowest BCUT2D eigenvalue weighted by atomic mass is 10.1. The van der Waals surface area contributed by atoms with Crippen LogP contribution in [-0.4, -0.2) is 44.9 Å². The maximum atomic E-state index is 12.4. The number of hydrogen-bond donors (Lipinski definition) is 0. The van der Waals surface area contributed by atoms with Crippen molar-refractivity contribution >= 4 is 6.47 Å². The van der Waals surface area contributed by atoms with Crippen molar-refractivity contribution in [2.75, 3.05) is 13.6 Å². The summed E-state index contributed by atoms with van der Waals surface area (Å²) in [7, 11) is 2.12. The Labute approximate surface area is 195 Å². The standard InChI is InChI=1S/C11H15N5O.C10H6F6O2/c1-8-12-13-11(17-8)10-6-9-7-15(2)4-3-5-16(9)14-10;11-9(12,13)7-1-6(4-18-5-17)2-8(3-7)10(14,15)16/h6H,3-5,7H2,1-2H3;1-3,5H,4H2. The van der Waals surface area contributed by atoms with Crippen molar-refractivity contribution in [2.24, 2.45) is 0 Å². The maximum Gasteiger partial charge on any atom is 0.416 e. The highest BCUT2D eigenvalue weighted by molar-refractivity contribution is 5.46. The molecule has 0 unspecified atom stereocenters. The van der Waals surface area contributed by atoms with E-state index < -0.39 is 30.1 Å². The third-order valence-corrected chi connectivity index (χ3v) is 4.92. The van der Waals surface area contributed by atoms with E-state index >= 15 is 0 Å². The molecule has 0 saturated carbocycles. The molecule has 0 saturated heterocycles. The lowest BCUT2D eigenvalue weighted by Crippen LogP contribution is -2.16. The second kappa shape index (κ2) is 10.5. The van der Waals surface area contributed by atoms with Crippen LogP contribution in [0.15, 0.2) is 28.7 Å². The minimum atomic E-state index is -4.91. The monoisotopic (exact) mass is 505 g/mol. The van der Waals surface area contributed by atoms with Gasteiger partial charge in [0, 0.05) is 26.6 Å². The van der Waals surface area contributed by atoms with E-state index in [1.807, 2.05) is 10.7 Å². The molecule has 190 valence electrons. The minimum absolute atomic E-state index is 0.00438. The summed E-state index contributed by atoms with van der Waals surface area (Å²) in [5.74, 6) is 1.08. The number of aryl methyl sites for hydroxylation is 2. The number of carbonyl (C=O) groups excluding carboxylic acids is 1. The lowest BCUT2D eigenvalue weighted by Gasteiger charge is -2.13. The Bertz CT molecular complexity index is 1120. The molecule has 2 aromatic heterocycles. The van der Waals surface area contributed by atoms with Crippen LogP contribution in [0.25, 0.3) is 11.6 Å². The molecule has 0 spiro atoms. The number of rotatable bonds is 4. The fourth-order valence-corrected chi connectivity index (χ4v) is 3.36. The van der Waals surface area contributed by atoms with E-state index in [-0.39, 0.29) is 18.1 Å². The van der Waals surface area contributed by atoms with Crippen molar-refractivity contribution in [3.63, 3.8) is 0 Å². The van der Waals surface area contributed by atoms with Gasteiger partial charge in [-0.1, -0.05) is 0 Å². The zero-order valence-electron chi connectivity index (χ0n) is 18.7. The summed E-state index contributed by atoms with van der Waals surface area (Å²) >= 11 is 0. The van der Waals surface area contributed by atoms with Gasteiger partial charge < -0.3 is 14.1 Å². The minimum Gasteiger partial charge on any atom is -0.463 e. The number of ether oxygens (including phenoxy) is 1. The molecule has 0 radical (unpaired) electrons. The Balaban J connectivity index is 0.000000196. The number of carbonyl (C=O) groups is 1. The number of halogens is 6. The van der Waals surface area contributed by atoms with E-state index in [1.54, 1.807) is 6.92 Å². The Morgan fingerprint density at radius 3 is 2.23 bits per heavy atom. The molecule has 3 heterocycles. The maximum absolute atomic E-state index is 12.4. The van der Waals surface area contributed by atoms with Gasteiger partial charge in [-0.2, -0.15) is 31.4 Å². The summed E-state index contributed by atoms with van der Waals surface area (Å²) in [6.07, 6.45) is -8.69. The van der Waals surface area contributed by atoms with Crippen LogP contribution in [0.5, 0.6) is 0 Å². The molecule has 0 bridgehead atoms. The summed E-state index contributed by atoms with van der Waals surface area (Å²) in [5.41, 5.74) is -1.29. The van der Waals surface area contributed by atoms with E-state index in [0.29, 0.717) is 23.9 Å². The van der Waals surface area contributed by atoms with Crippen LogP contribution in [-0.2, 0) is 41.6 Å². The van der Waals surface area contributed by atoms with Gasteiger partial charge in [0.25, 0.3) is 12.4 Å². The van der Waals surface area contributed by atoms with E-state index in [0.717, 1.165) is 31.7 Å². The van der Waals surface area contributed by atoms with Crippen molar-refractivity contribution in [3.8, 4) is 11.6 Å². The third-order valence-electron chi connectivity index (χ3n) is 4.92. The average Bonchev–Trinajstić information content (AvgIpc) is 3.33. The Morgan fingerprint density at radius 1 is 1.03 bits per heavy atom. The van der Waals surface area contributed by atoms with Crippen molar-refractivity contribution in [2.45, 2.75) is 45.4 Å². The summed E-state index contributed by atoms with van der Waals surface area (Å²) in [6.45, 7) is 4.04. The number of alkyl halides is 6. The number of nitrogens with zero attached hydrogens (tertiary/aromatic N) is 5. The smallest absolute Gasteiger partial charge is 0.416 e. The van der Waals surface area contributed by atoms with E-state index in [1.165, 1.54) is 5.69 Å². The molecule has 14 heteroatoms. The molecule has 1 aliphatic rings. The zero-order valence-corrected chi connectivity index (χ0v) is 18.7. The number of benzene rings is 1. The predicted octanol–water partition coefficient (Wildman–Crippen LogP) is 4.47. The van der Waals surface area contributed by atoms with Gasteiger partial charge in [-0.05, 0) is 43.3 Å². The molecule has 8 nitrogen and oxygen atoms in total. The van der Waals surface area contributed by atoms with Gasteiger partial charge in [-0.15, -0.1) is 10.2 Å². The highest BCUT2D eigenvalue weighted by Crippen LogP contribution is 2.36. The number of fused-ring (bicyclic) bond motifs is 1. The quantitative estimate of drug-likeness (QED) is 0.382. The van der Waals surface area contributed by atoms with E-state index in [4.69, 9.17) is 4.42 Å². The Kier molecular flexibility index (Phi) is 7.83. The summed E-state index contributed by atoms with van der Waals surface area (Å²) in [4.78, 5) is 12.2. The van der Waals surface area contributed by atoms with Crippen molar-refractivity contribution in [1.29, 1.82) is 0 Å². The summed E-state index contributed by atoms with van der Waals surface area (Å²) in [6, 6.07) is 3.04. The third kappa shape index (κ3) is 7.04. The Hall–Kier alpha value is -3.42. The van der Waals surface area contributed by atoms with Crippen molar-refractivity contribution in [1.82, 2.24) is 24.9 Å². The second-order valence-electron chi connectivity index (χ2n) is 7.78. The SMILES string of the molecule is Cc1nnc(-c2cc3n(n2)CCCN(C)C3)o1.O=COCc1cc(C(F)(F)F)cc(C(F)(F)F)c1. The van der Waals surface area contributed by atoms with Crippen LogP contribution >= 0.6 is 0 Å². The first-order valence-electron chi connectivity index (χ1n) is 10.3. The molecule has 0 atom stereocenters. The molecule has 0 N–H and O–H groups in total. The number of hydrogen-bond acceptors (Lipinski definition) is 7. The van der Waals surface area contributed by atoms with Crippen LogP contribution in [0.4, 0.5) is 26.3 Å². The van der Waals surface area contributed by atoms with Crippen LogP contribution in [0.2, 0.25) is 0 Å². The van der Waals surface area contributed by atoms with Crippen LogP contribution in [0.1, 0.15) is 34.7 Å². The first kappa shape index (κ1) is 26.2. The van der Waals surface area contributed by atoms with Crippen LogP contribution in [0.3, 0.4) is 0 Å². The molecule has 0 amide bonds. The molecule has 3 aromatic rings. The highest BCUT2D eigenvalue weighted by Gasteiger charge is 2.36. The topological polar surface area (TPSA) is 86.3 Å². The fourth-order valence-electron chi connectivity index (χ4n) is 3.36. The molecule has 4 rings (SSSR count). The van der Waals surface area contributed by atoms with Crippen molar-refractivity contribution < 1.29 is 40.3 Å². The van der Waals surface area contributed by atoms with Gasteiger partial charge in [0.15, 0.2) is 0 Å². The van der Waals surface area contributed by atoms with Gasteiger partial charge in [-0.25, -0.2) is 0 Å². The second-order valence-corrected chi connectivity index (χ2v) is 7.78. The van der Waals surface area contributed by atoms with Gasteiger partial charge in [0.2, 0.25) is 5.89 Å². The lowest BCUT2D eigenvalue weighted by molar-refractivity contribution is -0.143. The molecule has 0 aliphatic carbocycles. The van der Waals surface area contributed by atoms with Gasteiger partial charge in [0.1, 0.15) is 12.3 Å². The summed E-state index contributed by atoms with van der Waals surface area (Å²) < 4.78 is 85.9. The van der Waals surface area contributed by atoms with Gasteiger partial charge in [0.05, 0.1) is 16.8 Å². The molecular weight excluding hydrogens is 484 g/mol. The first-order chi connectivity index (χ1) is 16.4. The predicted molar refractivity (Wildman–Crippen MR) is 109 cm³/mol. The van der Waals surface area contributed by atoms with Crippen LogP contribution < -0.4 is 0 Å². The highest BCUT2D eigenvalue weighted by atomic mass is 19.4.